The average molecular weight is 412 g/mol. The molecule has 154 valence electrons. The lowest BCUT2D eigenvalue weighted by Crippen LogP contribution is -2.45. The first kappa shape index (κ1) is 18.8. The molecular formula is C20H25FO6S. The van der Waals surface area contributed by atoms with Crippen LogP contribution < -0.4 is 4.74 Å². The lowest BCUT2D eigenvalue weighted by Gasteiger charge is -2.50. The van der Waals surface area contributed by atoms with Gasteiger partial charge >= 0.3 is 10.4 Å². The highest BCUT2D eigenvalue weighted by Gasteiger charge is 2.64. The van der Waals surface area contributed by atoms with Crippen molar-refractivity contribution in [2.24, 2.45) is 17.3 Å². The molecule has 0 bridgehead atoms. The van der Waals surface area contributed by atoms with Crippen LogP contribution >= 0.6 is 0 Å². The van der Waals surface area contributed by atoms with Crippen LogP contribution in [0.5, 0.6) is 5.75 Å². The fourth-order valence-electron chi connectivity index (χ4n) is 6.34. The Morgan fingerprint density at radius 2 is 2.11 bits per heavy atom. The maximum absolute atomic E-state index is 15.0. The molecule has 0 unspecified atom stereocenters. The monoisotopic (exact) mass is 412 g/mol. The van der Waals surface area contributed by atoms with E-state index in [1.165, 1.54) is 7.11 Å². The van der Waals surface area contributed by atoms with Crippen molar-refractivity contribution in [2.75, 3.05) is 13.9 Å². The molecular weight excluding hydrogens is 387 g/mol. The predicted molar refractivity (Wildman–Crippen MR) is 97.6 cm³/mol. The number of fused-ring (bicyclic) bond motifs is 7. The topological polar surface area (TPSA) is 71.1 Å². The molecule has 0 aromatic heterocycles. The Hall–Kier alpha value is -1.22. The molecule has 2 saturated carbocycles. The fourth-order valence-corrected chi connectivity index (χ4v) is 7.47. The van der Waals surface area contributed by atoms with E-state index in [0.717, 1.165) is 30.4 Å². The smallest absolute Gasteiger partial charge is 0.400 e. The molecule has 6 nitrogen and oxygen atoms in total. The molecule has 3 aliphatic carbocycles. The number of hydrogen-bond donors (Lipinski definition) is 0. The molecule has 0 amide bonds. The van der Waals surface area contributed by atoms with Crippen molar-refractivity contribution in [3.63, 3.8) is 0 Å². The zero-order valence-corrected chi connectivity index (χ0v) is 16.8. The molecule has 0 N–H and O–H groups in total. The van der Waals surface area contributed by atoms with Crippen LogP contribution in [-0.4, -0.2) is 34.5 Å². The van der Waals surface area contributed by atoms with Crippen molar-refractivity contribution in [1.82, 2.24) is 0 Å². The minimum absolute atomic E-state index is 0.0217. The van der Waals surface area contributed by atoms with Crippen LogP contribution in [0.3, 0.4) is 0 Å². The summed E-state index contributed by atoms with van der Waals surface area (Å²) in [4.78, 5) is 0. The van der Waals surface area contributed by atoms with E-state index in [0.29, 0.717) is 24.7 Å². The van der Waals surface area contributed by atoms with E-state index in [2.05, 4.69) is 6.92 Å². The first-order valence-electron chi connectivity index (χ1n) is 9.88. The maximum atomic E-state index is 15.0. The Balaban J connectivity index is 1.44. The van der Waals surface area contributed by atoms with E-state index in [1.807, 2.05) is 6.07 Å². The van der Waals surface area contributed by atoms with Crippen LogP contribution in [0.2, 0.25) is 0 Å². The van der Waals surface area contributed by atoms with Crippen LogP contribution in [0, 0.1) is 23.1 Å². The molecule has 8 heteroatoms. The molecule has 1 aromatic carbocycles. The molecule has 3 fully saturated rings. The van der Waals surface area contributed by atoms with Gasteiger partial charge in [-0.3, -0.25) is 0 Å². The summed E-state index contributed by atoms with van der Waals surface area (Å²) in [7, 11) is -2.35. The molecule has 6 atom stereocenters. The minimum Gasteiger partial charge on any atom is -0.464 e. The van der Waals surface area contributed by atoms with Gasteiger partial charge in [-0.1, -0.05) is 13.0 Å². The molecule has 1 saturated heterocycles. The predicted octanol–water partition coefficient (Wildman–Crippen LogP) is 3.30. The summed E-state index contributed by atoms with van der Waals surface area (Å²) in [6, 6.07) is 3.70. The van der Waals surface area contributed by atoms with Gasteiger partial charge in [0, 0.05) is 12.5 Å². The third-order valence-electron chi connectivity index (χ3n) is 7.52. The van der Waals surface area contributed by atoms with E-state index >= 15 is 0 Å². The second-order valence-corrected chi connectivity index (χ2v) is 9.95. The van der Waals surface area contributed by atoms with Crippen LogP contribution in [0.4, 0.5) is 4.39 Å². The minimum atomic E-state index is -3.86. The number of ether oxygens (including phenoxy) is 2. The normalized spacial score (nSPS) is 40.3. The third-order valence-corrected chi connectivity index (χ3v) is 8.44. The standard InChI is InChI=1S/C20H25FO6S/c1-20-8-7-12-11-5-6-16(25-10-24-2)18(21)14(11)4-3-13(12)15(20)9-17-19(20)27-28(22,23)26-17/h5-6,12-13,15,17,19H,3-4,7-10H2,1-2H3/t12-,13-,15+,17+,19+,20+/m1/s1. The van der Waals surface area contributed by atoms with Gasteiger partial charge < -0.3 is 9.47 Å². The van der Waals surface area contributed by atoms with Crippen molar-refractivity contribution in [3.05, 3.63) is 29.1 Å². The van der Waals surface area contributed by atoms with Crippen LogP contribution in [-0.2, 0) is 29.9 Å². The Bertz CT molecular complexity index is 902. The first-order valence-corrected chi connectivity index (χ1v) is 11.2. The Kier molecular flexibility index (Phi) is 4.29. The molecule has 28 heavy (non-hydrogen) atoms. The van der Waals surface area contributed by atoms with Crippen molar-refractivity contribution in [2.45, 2.75) is 57.2 Å². The van der Waals surface area contributed by atoms with Gasteiger partial charge in [0.2, 0.25) is 0 Å². The van der Waals surface area contributed by atoms with E-state index < -0.39 is 16.5 Å². The highest BCUT2D eigenvalue weighted by molar-refractivity contribution is 7.82. The summed E-state index contributed by atoms with van der Waals surface area (Å²) >= 11 is 0. The van der Waals surface area contributed by atoms with Gasteiger partial charge in [-0.15, -0.1) is 0 Å². The van der Waals surface area contributed by atoms with Crippen LogP contribution in [0.25, 0.3) is 0 Å². The van der Waals surface area contributed by atoms with E-state index in [9.17, 15) is 12.8 Å². The van der Waals surface area contributed by atoms with Gasteiger partial charge in [0.1, 0.15) is 12.2 Å². The van der Waals surface area contributed by atoms with Crippen LogP contribution in [0.15, 0.2) is 12.1 Å². The second-order valence-electron chi connectivity index (χ2n) is 8.75. The number of hydrogen-bond acceptors (Lipinski definition) is 6. The second kappa shape index (κ2) is 6.39. The summed E-state index contributed by atoms with van der Waals surface area (Å²) in [5, 5.41) is 0. The van der Waals surface area contributed by atoms with Gasteiger partial charge in [-0.2, -0.15) is 8.42 Å². The number of halogens is 1. The van der Waals surface area contributed by atoms with Crippen molar-refractivity contribution < 1.29 is 30.6 Å². The van der Waals surface area contributed by atoms with Crippen molar-refractivity contribution >= 4 is 10.4 Å². The van der Waals surface area contributed by atoms with Crippen LogP contribution in [0.1, 0.15) is 49.7 Å². The summed E-state index contributed by atoms with van der Waals surface area (Å²) in [6.45, 7) is 2.16. The Morgan fingerprint density at radius 1 is 1.29 bits per heavy atom. The highest BCUT2D eigenvalue weighted by Crippen LogP contribution is 2.63. The van der Waals surface area contributed by atoms with E-state index in [4.69, 9.17) is 17.8 Å². The SMILES string of the molecule is COCOc1ccc2c(c1F)CC[C@@H]1[C@@H]2CC[C@@]2(C)[C@H]1C[C@@H]1OS(=O)(=O)O[C@@H]12. The first-order chi connectivity index (χ1) is 13.3. The molecule has 0 spiro atoms. The largest absolute Gasteiger partial charge is 0.464 e. The zero-order valence-electron chi connectivity index (χ0n) is 16.0. The summed E-state index contributed by atoms with van der Waals surface area (Å²) in [6.07, 6.45) is 3.20. The Morgan fingerprint density at radius 3 is 2.89 bits per heavy atom. The maximum Gasteiger partial charge on any atom is 0.400 e. The highest BCUT2D eigenvalue weighted by atomic mass is 32.3. The molecule has 5 rings (SSSR count). The summed E-state index contributed by atoms with van der Waals surface area (Å²) < 4.78 is 59.2. The van der Waals surface area contributed by atoms with Crippen molar-refractivity contribution in [1.29, 1.82) is 0 Å². The van der Waals surface area contributed by atoms with E-state index in [-0.39, 0.29) is 35.8 Å². The fraction of sp³-hybridized carbons (Fsp3) is 0.700. The molecule has 1 aliphatic heterocycles. The molecule has 4 aliphatic rings. The number of rotatable bonds is 3. The lowest BCUT2D eigenvalue weighted by atomic mass is 9.55. The molecule has 1 aromatic rings. The van der Waals surface area contributed by atoms with Crippen molar-refractivity contribution in [3.8, 4) is 5.75 Å². The lowest BCUT2D eigenvalue weighted by molar-refractivity contribution is -0.00598. The van der Waals surface area contributed by atoms with Gasteiger partial charge in [0.05, 0.1) is 0 Å². The molecule has 0 radical (unpaired) electrons. The summed E-state index contributed by atoms with van der Waals surface area (Å²) in [5.41, 5.74) is 1.62. The summed E-state index contributed by atoms with van der Waals surface area (Å²) in [5.74, 6) is 0.946. The van der Waals surface area contributed by atoms with E-state index in [1.54, 1.807) is 6.07 Å². The third kappa shape index (κ3) is 2.65. The Labute approximate surface area is 164 Å². The molecule has 1 heterocycles. The average Bonchev–Trinajstić information content (AvgIpc) is 3.11. The van der Waals surface area contributed by atoms with Gasteiger partial charge in [0.15, 0.2) is 18.4 Å². The number of methoxy groups -OCH3 is 1. The number of benzene rings is 1. The van der Waals surface area contributed by atoms with Gasteiger partial charge in [0.25, 0.3) is 0 Å². The zero-order chi connectivity index (χ0) is 19.7. The van der Waals surface area contributed by atoms with Gasteiger partial charge in [-0.05, 0) is 67.1 Å². The van der Waals surface area contributed by atoms with Gasteiger partial charge in [-0.25, -0.2) is 12.8 Å². The quantitative estimate of drug-likeness (QED) is 0.710.